The summed E-state index contributed by atoms with van der Waals surface area (Å²) in [5.41, 5.74) is 2.70. The average molecular weight is 304 g/mol. The Kier molecular flexibility index (Phi) is 7.19. The van der Waals surface area contributed by atoms with Gasteiger partial charge in [-0.25, -0.2) is 0 Å². The second kappa shape index (κ2) is 9.43. The first-order chi connectivity index (χ1) is 10.8. The van der Waals surface area contributed by atoms with Crippen LogP contribution in [0.1, 0.15) is 24.5 Å². The van der Waals surface area contributed by atoms with Crippen molar-refractivity contribution in [3.8, 4) is 0 Å². The summed E-state index contributed by atoms with van der Waals surface area (Å²) in [7, 11) is 1.81. The van der Waals surface area contributed by atoms with Crippen LogP contribution in [0.3, 0.4) is 0 Å². The number of hydrogen-bond donors (Lipinski definition) is 2. The summed E-state index contributed by atoms with van der Waals surface area (Å²) < 4.78 is 5.42. The Morgan fingerprint density at radius 2 is 1.91 bits per heavy atom. The standard InChI is InChI=1S/C17H28N4O/c1-3-8-19-17(18-2)20-13-15-6-4-5-7-16(15)14-21-9-11-22-12-10-21/h4-7H,3,8-14H2,1-2H3,(H2,18,19,20). The lowest BCUT2D eigenvalue weighted by atomic mass is 10.1. The fraction of sp³-hybridized carbons (Fsp3) is 0.588. The van der Waals surface area contributed by atoms with Gasteiger partial charge in [0.05, 0.1) is 13.2 Å². The summed E-state index contributed by atoms with van der Waals surface area (Å²) in [6.07, 6.45) is 1.09. The van der Waals surface area contributed by atoms with Crippen LogP contribution in [0, 0.1) is 0 Å². The van der Waals surface area contributed by atoms with Crippen LogP contribution in [-0.2, 0) is 17.8 Å². The third-order valence-electron chi connectivity index (χ3n) is 3.83. The molecule has 0 saturated carbocycles. The number of guanidine groups is 1. The van der Waals surface area contributed by atoms with Gasteiger partial charge in [0, 0.05) is 39.8 Å². The van der Waals surface area contributed by atoms with Gasteiger partial charge in [-0.1, -0.05) is 31.2 Å². The zero-order valence-corrected chi connectivity index (χ0v) is 13.8. The van der Waals surface area contributed by atoms with E-state index < -0.39 is 0 Å². The molecule has 0 unspecified atom stereocenters. The van der Waals surface area contributed by atoms with Gasteiger partial charge in [-0.2, -0.15) is 0 Å². The molecule has 0 radical (unpaired) electrons. The molecule has 0 amide bonds. The van der Waals surface area contributed by atoms with Gasteiger partial charge in [-0.15, -0.1) is 0 Å². The van der Waals surface area contributed by atoms with Crippen molar-refractivity contribution in [2.24, 2.45) is 4.99 Å². The molecule has 5 heteroatoms. The lowest BCUT2D eigenvalue weighted by Gasteiger charge is -2.27. The van der Waals surface area contributed by atoms with Crippen LogP contribution in [0.15, 0.2) is 29.3 Å². The monoisotopic (exact) mass is 304 g/mol. The molecule has 2 N–H and O–H groups in total. The van der Waals surface area contributed by atoms with Crippen molar-refractivity contribution in [3.05, 3.63) is 35.4 Å². The van der Waals surface area contributed by atoms with E-state index in [1.807, 2.05) is 7.05 Å². The van der Waals surface area contributed by atoms with E-state index in [-0.39, 0.29) is 0 Å². The number of morpholine rings is 1. The molecule has 1 aromatic rings. The Labute approximate surface area is 133 Å². The van der Waals surface area contributed by atoms with Crippen molar-refractivity contribution in [2.75, 3.05) is 39.9 Å². The topological polar surface area (TPSA) is 48.9 Å². The smallest absolute Gasteiger partial charge is 0.191 e. The van der Waals surface area contributed by atoms with Crippen LogP contribution >= 0.6 is 0 Å². The third-order valence-corrected chi connectivity index (χ3v) is 3.83. The van der Waals surface area contributed by atoms with Crippen LogP contribution < -0.4 is 10.6 Å². The molecular weight excluding hydrogens is 276 g/mol. The lowest BCUT2D eigenvalue weighted by Crippen LogP contribution is -2.38. The van der Waals surface area contributed by atoms with Gasteiger partial charge < -0.3 is 15.4 Å². The second-order valence-corrected chi connectivity index (χ2v) is 5.51. The van der Waals surface area contributed by atoms with Crippen molar-refractivity contribution in [1.82, 2.24) is 15.5 Å². The van der Waals surface area contributed by atoms with Crippen LogP contribution in [0.5, 0.6) is 0 Å². The highest BCUT2D eigenvalue weighted by atomic mass is 16.5. The number of nitrogens with zero attached hydrogens (tertiary/aromatic N) is 2. The molecule has 0 bridgehead atoms. The van der Waals surface area contributed by atoms with Crippen LogP contribution in [-0.4, -0.2) is 50.8 Å². The molecule has 0 aromatic heterocycles. The van der Waals surface area contributed by atoms with Gasteiger partial charge >= 0.3 is 0 Å². The van der Waals surface area contributed by atoms with E-state index in [4.69, 9.17) is 4.74 Å². The van der Waals surface area contributed by atoms with Gasteiger partial charge in [0.15, 0.2) is 5.96 Å². The van der Waals surface area contributed by atoms with Gasteiger partial charge in [-0.05, 0) is 17.5 Å². The molecule has 122 valence electrons. The van der Waals surface area contributed by atoms with Crippen LogP contribution in [0.2, 0.25) is 0 Å². The third kappa shape index (κ3) is 5.31. The highest BCUT2D eigenvalue weighted by Crippen LogP contribution is 2.12. The maximum Gasteiger partial charge on any atom is 0.191 e. The van der Waals surface area contributed by atoms with Crippen molar-refractivity contribution in [2.45, 2.75) is 26.4 Å². The zero-order chi connectivity index (χ0) is 15.6. The maximum absolute atomic E-state index is 5.42. The van der Waals surface area contributed by atoms with E-state index in [2.05, 4.69) is 51.7 Å². The predicted molar refractivity (Wildman–Crippen MR) is 91.0 cm³/mol. The van der Waals surface area contributed by atoms with Crippen molar-refractivity contribution in [1.29, 1.82) is 0 Å². The van der Waals surface area contributed by atoms with Gasteiger partial charge in [-0.3, -0.25) is 9.89 Å². The largest absolute Gasteiger partial charge is 0.379 e. The SMILES string of the molecule is CCCNC(=NC)NCc1ccccc1CN1CCOCC1. The Hall–Kier alpha value is -1.59. The fourth-order valence-corrected chi connectivity index (χ4v) is 2.53. The summed E-state index contributed by atoms with van der Waals surface area (Å²) in [6, 6.07) is 8.62. The molecule has 1 aromatic carbocycles. The van der Waals surface area contributed by atoms with E-state index in [9.17, 15) is 0 Å². The van der Waals surface area contributed by atoms with Gasteiger partial charge in [0.2, 0.25) is 0 Å². The maximum atomic E-state index is 5.42. The molecule has 0 spiro atoms. The van der Waals surface area contributed by atoms with Crippen LogP contribution in [0.25, 0.3) is 0 Å². The first-order valence-electron chi connectivity index (χ1n) is 8.15. The first-order valence-corrected chi connectivity index (χ1v) is 8.15. The molecule has 0 atom stereocenters. The summed E-state index contributed by atoms with van der Waals surface area (Å²) >= 11 is 0. The predicted octanol–water partition coefficient (Wildman–Crippen LogP) is 1.59. The Bertz CT molecular complexity index is 469. The van der Waals surface area contributed by atoms with E-state index in [0.29, 0.717) is 0 Å². The van der Waals surface area contributed by atoms with E-state index in [1.54, 1.807) is 0 Å². The summed E-state index contributed by atoms with van der Waals surface area (Å²) in [5.74, 6) is 0.864. The van der Waals surface area contributed by atoms with E-state index >= 15 is 0 Å². The number of benzene rings is 1. The molecule has 1 heterocycles. The first kappa shape index (κ1) is 16.8. The highest BCUT2D eigenvalue weighted by molar-refractivity contribution is 5.79. The molecule has 5 nitrogen and oxygen atoms in total. The van der Waals surface area contributed by atoms with Crippen molar-refractivity contribution < 1.29 is 4.74 Å². The minimum atomic E-state index is 0.796. The van der Waals surface area contributed by atoms with Crippen LogP contribution in [0.4, 0.5) is 0 Å². The van der Waals surface area contributed by atoms with Crippen molar-refractivity contribution >= 4 is 5.96 Å². The fourth-order valence-electron chi connectivity index (χ4n) is 2.53. The quantitative estimate of drug-likeness (QED) is 0.619. The van der Waals surface area contributed by atoms with E-state index in [0.717, 1.165) is 58.3 Å². The van der Waals surface area contributed by atoms with Gasteiger partial charge in [0.25, 0.3) is 0 Å². The minimum absolute atomic E-state index is 0.796. The molecule has 2 rings (SSSR count). The molecule has 1 saturated heterocycles. The summed E-state index contributed by atoms with van der Waals surface area (Å²) in [5, 5.41) is 6.70. The number of hydrogen-bond acceptors (Lipinski definition) is 3. The second-order valence-electron chi connectivity index (χ2n) is 5.51. The number of ether oxygens (including phenoxy) is 1. The van der Waals surface area contributed by atoms with Gasteiger partial charge in [0.1, 0.15) is 0 Å². The number of rotatable bonds is 6. The molecule has 1 aliphatic rings. The zero-order valence-electron chi connectivity index (χ0n) is 13.8. The van der Waals surface area contributed by atoms with E-state index in [1.165, 1.54) is 11.1 Å². The molecule has 1 fully saturated rings. The number of aliphatic imine (C=N–C) groups is 1. The highest BCUT2D eigenvalue weighted by Gasteiger charge is 2.12. The summed E-state index contributed by atoms with van der Waals surface area (Å²) in [6.45, 7) is 8.59. The Balaban J connectivity index is 1.92. The molecular formula is C17H28N4O. The molecule has 1 aliphatic heterocycles. The Morgan fingerprint density at radius 1 is 1.18 bits per heavy atom. The molecule has 22 heavy (non-hydrogen) atoms. The Morgan fingerprint density at radius 3 is 2.59 bits per heavy atom. The summed E-state index contributed by atoms with van der Waals surface area (Å²) in [4.78, 5) is 6.70. The normalized spacial score (nSPS) is 16.5. The molecule has 0 aliphatic carbocycles. The number of nitrogens with one attached hydrogen (secondary N) is 2. The average Bonchev–Trinajstić information content (AvgIpc) is 2.57. The lowest BCUT2D eigenvalue weighted by molar-refractivity contribution is 0.0341. The minimum Gasteiger partial charge on any atom is -0.379 e. The van der Waals surface area contributed by atoms with Crippen molar-refractivity contribution in [3.63, 3.8) is 0 Å².